The first kappa shape index (κ1) is 16.8. The Hall–Kier alpha value is -0.580. The number of aromatic nitrogens is 2. The lowest BCUT2D eigenvalue weighted by atomic mass is 9.83. The third-order valence-corrected chi connectivity index (χ3v) is 5.09. The standard InChI is InChI=1S/C16H29ClN4/c1-7-12-9-21(14(8-18-12)16(3,4)5)10-13-15(17)11(2)19-20(13)6/h12,14,18H,7-10H2,1-6H3. The summed E-state index contributed by atoms with van der Waals surface area (Å²) in [4.78, 5) is 2.58. The molecule has 1 aromatic heterocycles. The lowest BCUT2D eigenvalue weighted by molar-refractivity contribution is 0.0467. The Labute approximate surface area is 133 Å². The Balaban J connectivity index is 2.23. The zero-order valence-corrected chi connectivity index (χ0v) is 15.0. The largest absolute Gasteiger partial charge is 0.311 e. The van der Waals surface area contributed by atoms with E-state index in [1.165, 1.54) is 0 Å². The van der Waals surface area contributed by atoms with E-state index < -0.39 is 0 Å². The Morgan fingerprint density at radius 2 is 2.05 bits per heavy atom. The number of hydrogen-bond acceptors (Lipinski definition) is 3. The lowest BCUT2D eigenvalue weighted by Crippen LogP contribution is -2.60. The molecule has 1 saturated heterocycles. The zero-order chi connectivity index (χ0) is 15.8. The molecule has 1 N–H and O–H groups in total. The molecule has 1 aliphatic heterocycles. The summed E-state index contributed by atoms with van der Waals surface area (Å²) in [6.07, 6.45) is 1.16. The molecule has 0 radical (unpaired) electrons. The van der Waals surface area contributed by atoms with Gasteiger partial charge in [0.1, 0.15) is 0 Å². The SMILES string of the molecule is CCC1CN(Cc2c(Cl)c(C)nn2C)C(C(C)(C)C)CN1. The summed E-state index contributed by atoms with van der Waals surface area (Å²) in [5, 5.41) is 8.94. The molecule has 0 aliphatic carbocycles. The highest BCUT2D eigenvalue weighted by Gasteiger charge is 2.35. The van der Waals surface area contributed by atoms with E-state index in [4.69, 9.17) is 11.6 Å². The number of aryl methyl sites for hydroxylation is 2. The molecule has 120 valence electrons. The molecule has 2 unspecified atom stereocenters. The summed E-state index contributed by atoms with van der Waals surface area (Å²) >= 11 is 6.44. The van der Waals surface area contributed by atoms with E-state index in [1.54, 1.807) is 0 Å². The molecule has 0 spiro atoms. The van der Waals surface area contributed by atoms with Crippen LogP contribution in [0.3, 0.4) is 0 Å². The molecule has 1 fully saturated rings. The van der Waals surface area contributed by atoms with Gasteiger partial charge in [-0.1, -0.05) is 39.3 Å². The lowest BCUT2D eigenvalue weighted by Gasteiger charge is -2.46. The van der Waals surface area contributed by atoms with Crippen LogP contribution in [0.15, 0.2) is 0 Å². The minimum absolute atomic E-state index is 0.242. The van der Waals surface area contributed by atoms with Gasteiger partial charge in [0.05, 0.1) is 16.4 Å². The molecule has 0 saturated carbocycles. The molecule has 0 amide bonds. The van der Waals surface area contributed by atoms with Gasteiger partial charge in [-0.15, -0.1) is 0 Å². The van der Waals surface area contributed by atoms with Crippen molar-refractivity contribution in [2.75, 3.05) is 13.1 Å². The monoisotopic (exact) mass is 312 g/mol. The van der Waals surface area contributed by atoms with Crippen molar-refractivity contribution < 1.29 is 0 Å². The fourth-order valence-corrected chi connectivity index (χ4v) is 3.45. The number of hydrogen-bond donors (Lipinski definition) is 1. The molecule has 21 heavy (non-hydrogen) atoms. The van der Waals surface area contributed by atoms with Gasteiger partial charge in [0.2, 0.25) is 0 Å². The van der Waals surface area contributed by atoms with Crippen LogP contribution in [0.5, 0.6) is 0 Å². The maximum Gasteiger partial charge on any atom is 0.0860 e. The Morgan fingerprint density at radius 1 is 1.38 bits per heavy atom. The van der Waals surface area contributed by atoms with Crippen LogP contribution in [-0.4, -0.2) is 39.9 Å². The molecular formula is C16H29ClN4. The predicted molar refractivity (Wildman–Crippen MR) is 88.7 cm³/mol. The summed E-state index contributed by atoms with van der Waals surface area (Å²) in [5.41, 5.74) is 2.29. The van der Waals surface area contributed by atoms with Crippen molar-refractivity contribution >= 4 is 11.6 Å². The average molecular weight is 313 g/mol. The molecule has 2 heterocycles. The first-order valence-corrected chi connectivity index (χ1v) is 8.27. The van der Waals surface area contributed by atoms with E-state index in [0.29, 0.717) is 12.1 Å². The third kappa shape index (κ3) is 3.61. The van der Waals surface area contributed by atoms with Gasteiger partial charge in [0.15, 0.2) is 0 Å². The van der Waals surface area contributed by atoms with Crippen LogP contribution >= 0.6 is 11.6 Å². The van der Waals surface area contributed by atoms with Crippen molar-refractivity contribution in [3.8, 4) is 0 Å². The van der Waals surface area contributed by atoms with Crippen LogP contribution in [0.25, 0.3) is 0 Å². The summed E-state index contributed by atoms with van der Waals surface area (Å²) < 4.78 is 1.93. The van der Waals surface area contributed by atoms with E-state index in [1.807, 2.05) is 18.7 Å². The average Bonchev–Trinajstić information content (AvgIpc) is 2.64. The quantitative estimate of drug-likeness (QED) is 0.931. The predicted octanol–water partition coefficient (Wildman–Crippen LogP) is 2.98. The van der Waals surface area contributed by atoms with Crippen molar-refractivity contribution in [1.82, 2.24) is 20.0 Å². The second-order valence-corrected chi connectivity index (χ2v) is 7.67. The summed E-state index contributed by atoms with van der Waals surface area (Å²) in [7, 11) is 1.99. The fourth-order valence-electron chi connectivity index (χ4n) is 3.23. The smallest absolute Gasteiger partial charge is 0.0860 e. The molecule has 4 nitrogen and oxygen atoms in total. The second kappa shape index (κ2) is 6.27. The highest BCUT2D eigenvalue weighted by molar-refractivity contribution is 6.31. The van der Waals surface area contributed by atoms with E-state index in [9.17, 15) is 0 Å². The number of halogens is 1. The first-order valence-electron chi connectivity index (χ1n) is 7.89. The topological polar surface area (TPSA) is 33.1 Å². The van der Waals surface area contributed by atoms with E-state index >= 15 is 0 Å². The van der Waals surface area contributed by atoms with Gasteiger partial charge < -0.3 is 5.32 Å². The number of rotatable bonds is 3. The number of nitrogens with zero attached hydrogens (tertiary/aromatic N) is 3. The Kier molecular flexibility index (Phi) is 5.01. The maximum atomic E-state index is 6.44. The Bertz CT molecular complexity index is 489. The molecular weight excluding hydrogens is 284 g/mol. The van der Waals surface area contributed by atoms with Crippen molar-refractivity contribution in [2.45, 2.75) is 59.7 Å². The van der Waals surface area contributed by atoms with Crippen LogP contribution in [-0.2, 0) is 13.6 Å². The van der Waals surface area contributed by atoms with E-state index in [-0.39, 0.29) is 5.41 Å². The van der Waals surface area contributed by atoms with Gasteiger partial charge in [0, 0.05) is 38.8 Å². The van der Waals surface area contributed by atoms with Crippen LogP contribution in [0, 0.1) is 12.3 Å². The van der Waals surface area contributed by atoms with Gasteiger partial charge >= 0.3 is 0 Å². The molecule has 2 atom stereocenters. The maximum absolute atomic E-state index is 6.44. The van der Waals surface area contributed by atoms with Crippen molar-refractivity contribution in [3.63, 3.8) is 0 Å². The summed E-state index contributed by atoms with van der Waals surface area (Å²) in [6, 6.07) is 1.07. The number of piperazine rings is 1. The van der Waals surface area contributed by atoms with Crippen molar-refractivity contribution in [3.05, 3.63) is 16.4 Å². The summed E-state index contributed by atoms with van der Waals surface area (Å²) in [5.74, 6) is 0. The Morgan fingerprint density at radius 3 is 2.52 bits per heavy atom. The second-order valence-electron chi connectivity index (χ2n) is 7.29. The molecule has 1 aromatic rings. The molecule has 0 bridgehead atoms. The minimum Gasteiger partial charge on any atom is -0.311 e. The van der Waals surface area contributed by atoms with Gasteiger partial charge in [-0.2, -0.15) is 5.10 Å². The summed E-state index contributed by atoms with van der Waals surface area (Å²) in [6.45, 7) is 14.1. The van der Waals surface area contributed by atoms with Crippen molar-refractivity contribution in [1.29, 1.82) is 0 Å². The zero-order valence-electron chi connectivity index (χ0n) is 14.2. The molecule has 1 aliphatic rings. The highest BCUT2D eigenvalue weighted by atomic mass is 35.5. The van der Waals surface area contributed by atoms with Crippen LogP contribution in [0.4, 0.5) is 0 Å². The normalized spacial score (nSPS) is 24.5. The van der Waals surface area contributed by atoms with Crippen molar-refractivity contribution in [2.24, 2.45) is 12.5 Å². The van der Waals surface area contributed by atoms with Crippen LogP contribution in [0.1, 0.15) is 45.5 Å². The van der Waals surface area contributed by atoms with Crippen LogP contribution < -0.4 is 5.32 Å². The van der Waals surface area contributed by atoms with Gasteiger partial charge in [-0.05, 0) is 18.8 Å². The number of nitrogens with one attached hydrogen (secondary N) is 1. The van der Waals surface area contributed by atoms with Gasteiger partial charge in [0.25, 0.3) is 0 Å². The molecule has 2 rings (SSSR count). The fraction of sp³-hybridized carbons (Fsp3) is 0.812. The van der Waals surface area contributed by atoms with E-state index in [2.05, 4.69) is 43.0 Å². The van der Waals surface area contributed by atoms with Gasteiger partial charge in [-0.25, -0.2) is 0 Å². The first-order chi connectivity index (χ1) is 9.74. The molecule has 5 heteroatoms. The van der Waals surface area contributed by atoms with Gasteiger partial charge in [-0.3, -0.25) is 9.58 Å². The molecule has 0 aromatic carbocycles. The highest BCUT2D eigenvalue weighted by Crippen LogP contribution is 2.30. The minimum atomic E-state index is 0.242. The van der Waals surface area contributed by atoms with Crippen LogP contribution in [0.2, 0.25) is 5.02 Å². The van der Waals surface area contributed by atoms with E-state index in [0.717, 1.165) is 42.5 Å². The third-order valence-electron chi connectivity index (χ3n) is 4.60.